The molecule has 134 valence electrons. The van der Waals surface area contributed by atoms with Gasteiger partial charge < -0.3 is 19.2 Å². The van der Waals surface area contributed by atoms with Crippen LogP contribution in [0.3, 0.4) is 0 Å². The van der Waals surface area contributed by atoms with Crippen molar-refractivity contribution in [2.75, 3.05) is 39.8 Å². The molecule has 0 spiro atoms. The fourth-order valence-corrected chi connectivity index (χ4v) is 2.94. The molecule has 0 bridgehead atoms. The molecule has 0 aliphatic carbocycles. The number of hydrogen-bond acceptors (Lipinski definition) is 6. The van der Waals surface area contributed by atoms with Crippen molar-refractivity contribution in [3.05, 3.63) is 29.7 Å². The molecule has 25 heavy (non-hydrogen) atoms. The number of morpholine rings is 1. The molecule has 0 aromatic carbocycles. The molecule has 1 fully saturated rings. The van der Waals surface area contributed by atoms with E-state index in [2.05, 4.69) is 4.98 Å². The van der Waals surface area contributed by atoms with Crippen molar-refractivity contribution in [3.8, 4) is 0 Å². The minimum Gasteiger partial charge on any atom is -0.480 e. The molecule has 1 amide bonds. The van der Waals surface area contributed by atoms with Gasteiger partial charge in [-0.3, -0.25) is 14.5 Å². The second-order valence-corrected chi connectivity index (χ2v) is 6.28. The van der Waals surface area contributed by atoms with E-state index < -0.39 is 5.97 Å². The Bertz CT molecular complexity index is 788. The van der Waals surface area contributed by atoms with E-state index in [0.717, 1.165) is 5.69 Å². The monoisotopic (exact) mass is 347 g/mol. The molecule has 3 rings (SSSR count). The zero-order chi connectivity index (χ0) is 18.0. The quantitative estimate of drug-likeness (QED) is 0.862. The fraction of sp³-hybridized carbons (Fsp3) is 0.471. The Hall–Kier alpha value is -2.45. The second-order valence-electron chi connectivity index (χ2n) is 6.28. The molecule has 0 radical (unpaired) electrons. The number of carbonyl (C=O) groups excluding carboxylic acids is 1. The summed E-state index contributed by atoms with van der Waals surface area (Å²) in [6.07, 6.45) is -0.230. The first kappa shape index (κ1) is 17.4. The van der Waals surface area contributed by atoms with Crippen molar-refractivity contribution in [2.45, 2.75) is 13.0 Å². The van der Waals surface area contributed by atoms with Gasteiger partial charge in [-0.15, -0.1) is 0 Å². The van der Waals surface area contributed by atoms with Crippen molar-refractivity contribution < 1.29 is 23.8 Å². The van der Waals surface area contributed by atoms with Gasteiger partial charge in [-0.05, 0) is 26.1 Å². The summed E-state index contributed by atoms with van der Waals surface area (Å²) in [5.41, 5.74) is 2.11. The zero-order valence-electron chi connectivity index (χ0n) is 14.3. The Morgan fingerprint density at radius 1 is 1.44 bits per heavy atom. The molecule has 8 heteroatoms. The van der Waals surface area contributed by atoms with Crippen LogP contribution in [-0.2, 0) is 9.53 Å². The number of amides is 1. The summed E-state index contributed by atoms with van der Waals surface area (Å²) in [6, 6.07) is 5.30. The lowest BCUT2D eigenvalue weighted by Crippen LogP contribution is -2.49. The van der Waals surface area contributed by atoms with Gasteiger partial charge >= 0.3 is 5.97 Å². The number of hydrogen-bond donors (Lipinski definition) is 1. The van der Waals surface area contributed by atoms with E-state index in [1.165, 1.54) is 0 Å². The number of fused-ring (bicyclic) bond motifs is 1. The van der Waals surface area contributed by atoms with Crippen LogP contribution < -0.4 is 0 Å². The summed E-state index contributed by atoms with van der Waals surface area (Å²) >= 11 is 0. The molecular formula is C17H21N3O5. The van der Waals surface area contributed by atoms with Gasteiger partial charge in [-0.2, -0.15) is 0 Å². The highest BCUT2D eigenvalue weighted by atomic mass is 16.5. The lowest BCUT2D eigenvalue weighted by Gasteiger charge is -2.34. The van der Waals surface area contributed by atoms with E-state index >= 15 is 0 Å². The van der Waals surface area contributed by atoms with Gasteiger partial charge in [0, 0.05) is 31.4 Å². The maximum absolute atomic E-state index is 12.7. The molecule has 3 heterocycles. The minimum absolute atomic E-state index is 0.0671. The van der Waals surface area contributed by atoms with Crippen LogP contribution in [0, 0.1) is 6.92 Å². The Balaban J connectivity index is 1.67. The first-order chi connectivity index (χ1) is 11.9. The smallest absolute Gasteiger partial charge is 0.317 e. The summed E-state index contributed by atoms with van der Waals surface area (Å²) in [5.74, 6) is -0.839. The largest absolute Gasteiger partial charge is 0.480 e. The third-order valence-electron chi connectivity index (χ3n) is 4.07. The average molecular weight is 347 g/mol. The second kappa shape index (κ2) is 7.20. The molecule has 1 aliphatic heterocycles. The molecule has 1 unspecified atom stereocenters. The number of pyridine rings is 1. The van der Waals surface area contributed by atoms with Crippen molar-refractivity contribution in [3.63, 3.8) is 0 Å². The third-order valence-corrected chi connectivity index (χ3v) is 4.07. The fourth-order valence-electron chi connectivity index (χ4n) is 2.94. The molecule has 1 N–H and O–H groups in total. The van der Waals surface area contributed by atoms with Gasteiger partial charge in [-0.1, -0.05) is 0 Å². The zero-order valence-corrected chi connectivity index (χ0v) is 14.3. The normalized spacial score (nSPS) is 18.0. The van der Waals surface area contributed by atoms with E-state index in [0.29, 0.717) is 37.3 Å². The number of aryl methyl sites for hydroxylation is 1. The number of ether oxygens (including phenoxy) is 1. The number of nitrogens with zero attached hydrogens (tertiary/aromatic N) is 3. The highest BCUT2D eigenvalue weighted by molar-refractivity contribution is 5.95. The van der Waals surface area contributed by atoms with Crippen LogP contribution in [0.5, 0.6) is 0 Å². The number of aliphatic carboxylic acids is 1. The molecule has 8 nitrogen and oxygen atoms in total. The Morgan fingerprint density at radius 3 is 3.00 bits per heavy atom. The van der Waals surface area contributed by atoms with Gasteiger partial charge in [0.05, 0.1) is 19.3 Å². The van der Waals surface area contributed by atoms with E-state index in [1.54, 1.807) is 29.0 Å². The summed E-state index contributed by atoms with van der Waals surface area (Å²) in [7, 11) is 1.71. The van der Waals surface area contributed by atoms with E-state index in [4.69, 9.17) is 14.3 Å². The van der Waals surface area contributed by atoms with Gasteiger partial charge in [0.25, 0.3) is 5.91 Å². The van der Waals surface area contributed by atoms with Crippen LogP contribution in [0.25, 0.3) is 11.1 Å². The number of carboxylic acids is 1. The number of rotatable bonds is 5. The highest BCUT2D eigenvalue weighted by Gasteiger charge is 2.28. The van der Waals surface area contributed by atoms with Gasteiger partial charge in [0.15, 0.2) is 11.3 Å². The molecule has 2 aromatic rings. The van der Waals surface area contributed by atoms with Crippen LogP contribution in [-0.4, -0.2) is 77.7 Å². The number of carbonyl (C=O) groups is 2. The molecule has 1 saturated heterocycles. The summed E-state index contributed by atoms with van der Waals surface area (Å²) in [4.78, 5) is 31.1. The average Bonchev–Trinajstić information content (AvgIpc) is 2.96. The van der Waals surface area contributed by atoms with E-state index in [1.807, 2.05) is 13.0 Å². The SMILES string of the molecule is Cc1ccc2oc(C(=O)N3CCOC(CN(C)CC(=O)O)C3)cc2n1. The van der Waals surface area contributed by atoms with E-state index in [9.17, 15) is 9.59 Å². The predicted molar refractivity (Wildman–Crippen MR) is 89.5 cm³/mol. The Morgan fingerprint density at radius 2 is 2.24 bits per heavy atom. The topological polar surface area (TPSA) is 96.1 Å². The minimum atomic E-state index is -0.892. The van der Waals surface area contributed by atoms with Gasteiger partial charge in [0.2, 0.25) is 0 Å². The van der Waals surface area contributed by atoms with Crippen molar-refractivity contribution >= 4 is 23.0 Å². The van der Waals surface area contributed by atoms with Crippen LogP contribution in [0.15, 0.2) is 22.6 Å². The summed E-state index contributed by atoms with van der Waals surface area (Å²) in [5, 5.41) is 8.83. The van der Waals surface area contributed by atoms with Crippen LogP contribution >= 0.6 is 0 Å². The van der Waals surface area contributed by atoms with Crippen LogP contribution in [0.2, 0.25) is 0 Å². The first-order valence-electron chi connectivity index (χ1n) is 8.11. The number of furan rings is 1. The third kappa shape index (κ3) is 4.15. The Kier molecular flexibility index (Phi) is 5.00. The number of aromatic nitrogens is 1. The van der Waals surface area contributed by atoms with Crippen molar-refractivity contribution in [2.24, 2.45) is 0 Å². The van der Waals surface area contributed by atoms with Crippen LogP contribution in [0.4, 0.5) is 0 Å². The molecule has 1 aliphatic rings. The summed E-state index contributed by atoms with van der Waals surface area (Å²) in [6.45, 7) is 3.54. The predicted octanol–water partition coefficient (Wildman–Crippen LogP) is 0.994. The lowest BCUT2D eigenvalue weighted by atomic mass is 10.2. The van der Waals surface area contributed by atoms with Crippen LogP contribution in [0.1, 0.15) is 16.2 Å². The highest BCUT2D eigenvalue weighted by Crippen LogP contribution is 2.20. The lowest BCUT2D eigenvalue weighted by molar-refractivity contribution is -0.138. The van der Waals surface area contributed by atoms with Crippen molar-refractivity contribution in [1.82, 2.24) is 14.8 Å². The molecule has 2 aromatic heterocycles. The number of likely N-dealkylation sites (N-methyl/N-ethyl adjacent to an activating group) is 1. The molecular weight excluding hydrogens is 326 g/mol. The Labute approximate surface area is 145 Å². The summed E-state index contributed by atoms with van der Waals surface area (Å²) < 4.78 is 11.3. The standard InChI is InChI=1S/C17H21N3O5/c1-11-3-4-14-13(18-11)7-15(25-14)17(23)20-5-6-24-12(9-20)8-19(2)10-16(21)22/h3-4,7,12H,5-6,8-10H2,1-2H3,(H,21,22). The molecule has 0 saturated carbocycles. The van der Waals surface area contributed by atoms with Gasteiger partial charge in [-0.25, -0.2) is 4.98 Å². The van der Waals surface area contributed by atoms with Gasteiger partial charge in [0.1, 0.15) is 5.52 Å². The number of carboxylic acid groups (broad SMARTS) is 1. The van der Waals surface area contributed by atoms with Crippen molar-refractivity contribution in [1.29, 1.82) is 0 Å². The van der Waals surface area contributed by atoms with E-state index in [-0.39, 0.29) is 24.3 Å². The maximum Gasteiger partial charge on any atom is 0.317 e. The first-order valence-corrected chi connectivity index (χ1v) is 8.11. The maximum atomic E-state index is 12.7. The molecule has 1 atom stereocenters.